The molecule has 0 unspecified atom stereocenters. The lowest BCUT2D eigenvalue weighted by atomic mass is 10.1. The number of benzene rings is 1. The van der Waals surface area contributed by atoms with E-state index in [2.05, 4.69) is 25.9 Å². The van der Waals surface area contributed by atoms with Crippen LogP contribution in [0.5, 0.6) is 5.75 Å². The molecule has 4 N–H and O–H groups in total. The molecule has 9 heteroatoms. The Hall–Kier alpha value is -3.46. The van der Waals surface area contributed by atoms with E-state index in [9.17, 15) is 14.7 Å². The Labute approximate surface area is 184 Å². The van der Waals surface area contributed by atoms with E-state index in [0.29, 0.717) is 39.2 Å². The van der Waals surface area contributed by atoms with Crippen molar-refractivity contribution in [3.63, 3.8) is 0 Å². The number of amides is 2. The van der Waals surface area contributed by atoms with Crippen LogP contribution in [-0.4, -0.2) is 26.9 Å². The van der Waals surface area contributed by atoms with Crippen LogP contribution in [0.25, 0.3) is 0 Å². The average Bonchev–Trinajstić information content (AvgIpc) is 3.17. The van der Waals surface area contributed by atoms with Gasteiger partial charge in [0.25, 0.3) is 5.91 Å². The fourth-order valence-corrected chi connectivity index (χ4v) is 3.59. The van der Waals surface area contributed by atoms with E-state index in [-0.39, 0.29) is 23.5 Å². The highest BCUT2D eigenvalue weighted by Crippen LogP contribution is 2.29. The summed E-state index contributed by atoms with van der Waals surface area (Å²) in [6.07, 6.45) is 3.50. The zero-order valence-electron chi connectivity index (χ0n) is 17.8. The first-order chi connectivity index (χ1) is 14.7. The van der Waals surface area contributed by atoms with Crippen LogP contribution in [0.1, 0.15) is 41.1 Å². The number of aryl methyl sites for hydroxylation is 1. The summed E-state index contributed by atoms with van der Waals surface area (Å²) >= 11 is 1.19. The number of carbonyl (C=O) groups excluding carboxylic acids is 2. The Kier molecular flexibility index (Phi) is 6.86. The number of pyridine rings is 1. The number of rotatable bonds is 7. The van der Waals surface area contributed by atoms with Gasteiger partial charge >= 0.3 is 0 Å². The van der Waals surface area contributed by atoms with Gasteiger partial charge in [-0.1, -0.05) is 31.3 Å². The number of carbonyl (C=O) groups is 2. The molecule has 2 amide bonds. The summed E-state index contributed by atoms with van der Waals surface area (Å²) < 4.78 is 0. The molecule has 1 aromatic carbocycles. The summed E-state index contributed by atoms with van der Waals surface area (Å²) in [6, 6.07) is 6.83. The number of phenols is 1. The fourth-order valence-electron chi connectivity index (χ4n) is 2.87. The molecule has 0 aliphatic heterocycles. The zero-order chi connectivity index (χ0) is 22.5. The highest BCUT2D eigenvalue weighted by atomic mass is 32.1. The van der Waals surface area contributed by atoms with E-state index >= 15 is 0 Å². The molecule has 0 fully saturated rings. The number of nitrogens with one attached hydrogen (secondary N) is 3. The molecule has 0 radical (unpaired) electrons. The number of hydrogen-bond donors (Lipinski definition) is 4. The van der Waals surface area contributed by atoms with E-state index < -0.39 is 0 Å². The molecule has 31 heavy (non-hydrogen) atoms. The molecule has 3 rings (SSSR count). The number of aromatic nitrogens is 2. The van der Waals surface area contributed by atoms with Crippen molar-refractivity contribution < 1.29 is 14.7 Å². The molecule has 0 aliphatic rings. The molecule has 2 aromatic heterocycles. The van der Waals surface area contributed by atoms with Crippen LogP contribution >= 0.6 is 11.3 Å². The molecule has 0 spiro atoms. The summed E-state index contributed by atoms with van der Waals surface area (Å²) in [7, 11) is 0. The molecule has 0 saturated carbocycles. The molecule has 8 nitrogen and oxygen atoms in total. The summed E-state index contributed by atoms with van der Waals surface area (Å²) in [6.45, 7) is 7.58. The molecule has 0 aliphatic carbocycles. The van der Waals surface area contributed by atoms with Crippen LogP contribution in [0.15, 0.2) is 36.7 Å². The first kappa shape index (κ1) is 22.2. The van der Waals surface area contributed by atoms with Gasteiger partial charge in [0.15, 0.2) is 5.13 Å². The second-order valence-electron chi connectivity index (χ2n) is 7.59. The van der Waals surface area contributed by atoms with Gasteiger partial charge in [0.2, 0.25) is 5.91 Å². The predicted molar refractivity (Wildman–Crippen MR) is 123 cm³/mol. The lowest BCUT2D eigenvalue weighted by molar-refractivity contribution is -0.116. The minimum absolute atomic E-state index is 0.0507. The second-order valence-corrected chi connectivity index (χ2v) is 8.62. The number of anilines is 4. The van der Waals surface area contributed by atoms with Crippen molar-refractivity contribution in [2.45, 2.75) is 34.1 Å². The van der Waals surface area contributed by atoms with Gasteiger partial charge < -0.3 is 21.1 Å². The monoisotopic (exact) mass is 439 g/mol. The van der Waals surface area contributed by atoms with Gasteiger partial charge in [0.1, 0.15) is 16.4 Å². The van der Waals surface area contributed by atoms with Crippen LogP contribution in [0.3, 0.4) is 0 Å². The molecule has 0 saturated heterocycles. The molecule has 0 bridgehead atoms. The first-order valence-corrected chi connectivity index (χ1v) is 10.6. The van der Waals surface area contributed by atoms with Crippen LogP contribution in [0, 0.1) is 19.8 Å². The zero-order valence-corrected chi connectivity index (χ0v) is 18.6. The normalized spacial score (nSPS) is 10.7. The van der Waals surface area contributed by atoms with Gasteiger partial charge in [-0.25, -0.2) is 9.97 Å². The summed E-state index contributed by atoms with van der Waals surface area (Å²) in [5.74, 6) is 0.597. The highest BCUT2D eigenvalue weighted by molar-refractivity contribution is 7.17. The molecule has 0 atom stereocenters. The fraction of sp³-hybridized carbons (Fsp3) is 0.273. The molecule has 2 heterocycles. The third-order valence-electron chi connectivity index (χ3n) is 4.49. The van der Waals surface area contributed by atoms with Crippen LogP contribution < -0.4 is 16.0 Å². The number of phenolic OH excluding ortho intramolecular Hbond substituents is 1. The molecular formula is C22H25N5O3S. The number of nitrogens with zero attached hydrogens (tertiary/aromatic N) is 2. The van der Waals surface area contributed by atoms with Gasteiger partial charge in [-0.15, -0.1) is 0 Å². The number of thiazole rings is 1. The number of aromatic hydroxyl groups is 1. The smallest absolute Gasteiger partial charge is 0.267 e. The van der Waals surface area contributed by atoms with Gasteiger partial charge in [-0.05, 0) is 43.5 Å². The molecule has 162 valence electrons. The average molecular weight is 440 g/mol. The molecule has 3 aromatic rings. The second kappa shape index (κ2) is 9.57. The summed E-state index contributed by atoms with van der Waals surface area (Å²) in [4.78, 5) is 33.4. The van der Waals surface area contributed by atoms with E-state index in [4.69, 9.17) is 0 Å². The minimum atomic E-state index is -0.307. The maximum Gasteiger partial charge on any atom is 0.267 e. The lowest BCUT2D eigenvalue weighted by Crippen LogP contribution is -2.13. The highest BCUT2D eigenvalue weighted by Gasteiger charge is 2.15. The third kappa shape index (κ3) is 5.79. The number of hydrogen-bond acceptors (Lipinski definition) is 7. The van der Waals surface area contributed by atoms with E-state index in [1.54, 1.807) is 37.4 Å². The van der Waals surface area contributed by atoms with Crippen molar-refractivity contribution in [2.75, 3.05) is 16.0 Å². The Bertz CT molecular complexity index is 1090. The van der Waals surface area contributed by atoms with Gasteiger partial charge in [0, 0.05) is 12.0 Å². The maximum atomic E-state index is 12.6. The standard InChI is InChI=1S/C22H25N5O3S/c1-12(2)9-19(29)25-15-6-8-18(23-10-15)26-22-24-11-17(31-22)21(30)27-20-13(3)5-7-16(28)14(20)4/h5-8,10-12,28H,9H2,1-4H3,(H,25,29)(H,27,30)(H,23,24,26). The van der Waals surface area contributed by atoms with Crippen molar-refractivity contribution in [1.29, 1.82) is 0 Å². The van der Waals surface area contributed by atoms with E-state index in [1.165, 1.54) is 17.5 Å². The predicted octanol–water partition coefficient (Wildman–Crippen LogP) is 4.84. The van der Waals surface area contributed by atoms with Crippen LogP contribution in [0.2, 0.25) is 0 Å². The quantitative estimate of drug-likeness (QED) is 0.419. The van der Waals surface area contributed by atoms with Crippen molar-refractivity contribution in [3.8, 4) is 5.75 Å². The topological polar surface area (TPSA) is 116 Å². The first-order valence-electron chi connectivity index (χ1n) is 9.82. The third-order valence-corrected chi connectivity index (χ3v) is 5.40. The summed E-state index contributed by atoms with van der Waals surface area (Å²) in [5.41, 5.74) is 2.68. The van der Waals surface area contributed by atoms with Crippen LogP contribution in [-0.2, 0) is 4.79 Å². The van der Waals surface area contributed by atoms with Gasteiger partial charge in [-0.3, -0.25) is 9.59 Å². The Morgan fingerprint density at radius 1 is 1.06 bits per heavy atom. The van der Waals surface area contributed by atoms with Crippen molar-refractivity contribution in [3.05, 3.63) is 52.7 Å². The maximum absolute atomic E-state index is 12.6. The minimum Gasteiger partial charge on any atom is -0.508 e. The largest absolute Gasteiger partial charge is 0.508 e. The Morgan fingerprint density at radius 2 is 1.84 bits per heavy atom. The Morgan fingerprint density at radius 3 is 2.52 bits per heavy atom. The van der Waals surface area contributed by atoms with Crippen molar-refractivity contribution >= 4 is 45.5 Å². The Balaban J connectivity index is 1.63. The van der Waals surface area contributed by atoms with Crippen molar-refractivity contribution in [2.24, 2.45) is 5.92 Å². The lowest BCUT2D eigenvalue weighted by Gasteiger charge is -2.11. The molecular weight excluding hydrogens is 414 g/mol. The van der Waals surface area contributed by atoms with Crippen LogP contribution in [0.4, 0.5) is 22.3 Å². The van der Waals surface area contributed by atoms with E-state index in [0.717, 1.165) is 5.56 Å². The van der Waals surface area contributed by atoms with Gasteiger partial charge in [-0.2, -0.15) is 0 Å². The SMILES string of the molecule is Cc1ccc(O)c(C)c1NC(=O)c1cnc(Nc2ccc(NC(=O)CC(C)C)cn2)s1. The van der Waals surface area contributed by atoms with Crippen molar-refractivity contribution in [1.82, 2.24) is 9.97 Å². The summed E-state index contributed by atoms with van der Waals surface area (Å²) in [5, 5.41) is 19.1. The van der Waals surface area contributed by atoms with Gasteiger partial charge in [0.05, 0.1) is 23.8 Å². The van der Waals surface area contributed by atoms with E-state index in [1.807, 2.05) is 20.8 Å².